The molecular weight excluding hydrogens is 204 g/mol. The zero-order valence-corrected chi connectivity index (χ0v) is 9.68. The number of halogens is 1. The normalized spacial score (nSPS) is 10.3. The summed E-state index contributed by atoms with van der Waals surface area (Å²) in [5.41, 5.74) is 4.77. The fraction of sp³-hybridized carbons (Fsp3) is 0.143. The Labute approximate surface area is 95.5 Å². The van der Waals surface area contributed by atoms with Crippen molar-refractivity contribution in [3.63, 3.8) is 0 Å². The second-order valence-electron chi connectivity index (χ2n) is 3.80. The maximum atomic E-state index is 6.24. The summed E-state index contributed by atoms with van der Waals surface area (Å²) in [5, 5.41) is 0.823. The molecule has 0 fully saturated rings. The van der Waals surface area contributed by atoms with Crippen molar-refractivity contribution in [3.05, 3.63) is 58.6 Å². The molecule has 2 aromatic rings. The summed E-state index contributed by atoms with van der Waals surface area (Å²) in [5.74, 6) is 0. The van der Waals surface area contributed by atoms with Gasteiger partial charge in [-0.2, -0.15) is 0 Å². The van der Waals surface area contributed by atoms with Crippen LogP contribution in [0.1, 0.15) is 11.1 Å². The van der Waals surface area contributed by atoms with Crippen LogP contribution < -0.4 is 0 Å². The van der Waals surface area contributed by atoms with Crippen molar-refractivity contribution in [3.8, 4) is 11.1 Å². The molecule has 0 aromatic heterocycles. The maximum absolute atomic E-state index is 6.24. The molecule has 15 heavy (non-hydrogen) atoms. The van der Waals surface area contributed by atoms with E-state index in [1.807, 2.05) is 25.1 Å². The molecule has 0 radical (unpaired) electrons. The molecule has 0 spiro atoms. The lowest BCUT2D eigenvalue weighted by Gasteiger charge is -2.08. The number of aryl methyl sites for hydroxylation is 2. The first-order chi connectivity index (χ1) is 7.18. The molecule has 0 aliphatic carbocycles. The van der Waals surface area contributed by atoms with Gasteiger partial charge in [0.25, 0.3) is 0 Å². The van der Waals surface area contributed by atoms with Crippen LogP contribution in [0.4, 0.5) is 0 Å². The van der Waals surface area contributed by atoms with E-state index in [0.717, 1.165) is 10.6 Å². The minimum atomic E-state index is 0.823. The van der Waals surface area contributed by atoms with Gasteiger partial charge in [0.1, 0.15) is 0 Å². The van der Waals surface area contributed by atoms with Crippen LogP contribution in [-0.2, 0) is 0 Å². The number of hydrogen-bond donors (Lipinski definition) is 0. The highest BCUT2D eigenvalue weighted by molar-refractivity contribution is 6.33. The summed E-state index contributed by atoms with van der Waals surface area (Å²) in [6, 6.07) is 14.5. The van der Waals surface area contributed by atoms with Crippen LogP contribution in [0.2, 0.25) is 5.02 Å². The molecule has 0 aliphatic heterocycles. The minimum absolute atomic E-state index is 0.823. The van der Waals surface area contributed by atoms with E-state index in [1.54, 1.807) is 0 Å². The second-order valence-corrected chi connectivity index (χ2v) is 4.21. The molecular formula is C14H13Cl. The predicted molar refractivity (Wildman–Crippen MR) is 66.4 cm³/mol. The van der Waals surface area contributed by atoms with Gasteiger partial charge in [-0.15, -0.1) is 0 Å². The first-order valence-corrected chi connectivity index (χ1v) is 5.38. The van der Waals surface area contributed by atoms with Gasteiger partial charge in [0, 0.05) is 10.6 Å². The van der Waals surface area contributed by atoms with Crippen LogP contribution in [-0.4, -0.2) is 0 Å². The van der Waals surface area contributed by atoms with E-state index in [2.05, 4.69) is 31.2 Å². The largest absolute Gasteiger partial charge is 0.0837 e. The van der Waals surface area contributed by atoms with Gasteiger partial charge in [-0.1, -0.05) is 48.0 Å². The third-order valence-corrected chi connectivity index (χ3v) is 2.87. The Morgan fingerprint density at radius 1 is 0.867 bits per heavy atom. The van der Waals surface area contributed by atoms with E-state index >= 15 is 0 Å². The molecule has 0 aliphatic rings. The number of rotatable bonds is 1. The molecule has 0 heterocycles. The second kappa shape index (κ2) is 4.08. The maximum Gasteiger partial charge on any atom is 0.0487 e. The van der Waals surface area contributed by atoms with Crippen molar-refractivity contribution < 1.29 is 0 Å². The van der Waals surface area contributed by atoms with Gasteiger partial charge < -0.3 is 0 Å². The monoisotopic (exact) mass is 216 g/mol. The van der Waals surface area contributed by atoms with Crippen LogP contribution in [0.25, 0.3) is 11.1 Å². The van der Waals surface area contributed by atoms with Gasteiger partial charge in [-0.25, -0.2) is 0 Å². The summed E-state index contributed by atoms with van der Waals surface area (Å²) < 4.78 is 0. The van der Waals surface area contributed by atoms with Crippen molar-refractivity contribution >= 4 is 11.6 Å². The molecule has 2 rings (SSSR count). The van der Waals surface area contributed by atoms with E-state index in [4.69, 9.17) is 11.6 Å². The highest BCUT2D eigenvalue weighted by Crippen LogP contribution is 2.30. The Balaban J connectivity index is 2.60. The van der Waals surface area contributed by atoms with Crippen molar-refractivity contribution in [1.29, 1.82) is 0 Å². The third kappa shape index (κ3) is 2.05. The van der Waals surface area contributed by atoms with Gasteiger partial charge in [-0.05, 0) is 36.6 Å². The van der Waals surface area contributed by atoms with Gasteiger partial charge >= 0.3 is 0 Å². The van der Waals surface area contributed by atoms with Crippen LogP contribution in [0.5, 0.6) is 0 Å². The average molecular weight is 217 g/mol. The zero-order chi connectivity index (χ0) is 10.8. The summed E-state index contributed by atoms with van der Waals surface area (Å²) in [4.78, 5) is 0. The molecule has 2 aromatic carbocycles. The molecule has 76 valence electrons. The predicted octanol–water partition coefficient (Wildman–Crippen LogP) is 4.62. The Hall–Kier alpha value is -1.27. The van der Waals surface area contributed by atoms with E-state index in [1.165, 1.54) is 16.7 Å². The highest BCUT2D eigenvalue weighted by atomic mass is 35.5. The fourth-order valence-corrected chi connectivity index (χ4v) is 2.05. The van der Waals surface area contributed by atoms with E-state index < -0.39 is 0 Å². The quantitative estimate of drug-likeness (QED) is 0.652. The van der Waals surface area contributed by atoms with Crippen molar-refractivity contribution in [2.75, 3.05) is 0 Å². The van der Waals surface area contributed by atoms with Crippen LogP contribution in [0.15, 0.2) is 42.5 Å². The Morgan fingerprint density at radius 2 is 1.60 bits per heavy atom. The van der Waals surface area contributed by atoms with Gasteiger partial charge in [-0.3, -0.25) is 0 Å². The smallest absolute Gasteiger partial charge is 0.0487 e. The molecule has 0 bridgehead atoms. The highest BCUT2D eigenvalue weighted by Gasteiger charge is 2.05. The molecule has 0 N–H and O–H groups in total. The molecule has 1 heteroatoms. The van der Waals surface area contributed by atoms with Crippen molar-refractivity contribution in [1.82, 2.24) is 0 Å². The molecule has 0 saturated carbocycles. The van der Waals surface area contributed by atoms with Crippen LogP contribution in [0, 0.1) is 13.8 Å². The number of hydrogen-bond acceptors (Lipinski definition) is 0. The van der Waals surface area contributed by atoms with Gasteiger partial charge in [0.15, 0.2) is 0 Å². The fourth-order valence-electron chi connectivity index (χ4n) is 1.71. The lowest BCUT2D eigenvalue weighted by atomic mass is 10.00. The lowest BCUT2D eigenvalue weighted by Crippen LogP contribution is -1.84. The Kier molecular flexibility index (Phi) is 2.79. The number of benzene rings is 2. The Morgan fingerprint density at radius 3 is 2.27 bits per heavy atom. The minimum Gasteiger partial charge on any atom is -0.0837 e. The van der Waals surface area contributed by atoms with Crippen LogP contribution >= 0.6 is 11.6 Å². The van der Waals surface area contributed by atoms with E-state index in [-0.39, 0.29) is 0 Å². The topological polar surface area (TPSA) is 0 Å². The average Bonchev–Trinajstić information content (AvgIpc) is 2.20. The molecule has 0 saturated heterocycles. The summed E-state index contributed by atoms with van der Waals surface area (Å²) in [7, 11) is 0. The van der Waals surface area contributed by atoms with Crippen molar-refractivity contribution in [2.24, 2.45) is 0 Å². The molecule has 0 amide bonds. The van der Waals surface area contributed by atoms with Crippen molar-refractivity contribution in [2.45, 2.75) is 13.8 Å². The summed E-state index contributed by atoms with van der Waals surface area (Å²) >= 11 is 6.24. The third-order valence-electron chi connectivity index (χ3n) is 2.56. The van der Waals surface area contributed by atoms with Crippen LogP contribution in [0.3, 0.4) is 0 Å². The summed E-state index contributed by atoms with van der Waals surface area (Å²) in [6.45, 7) is 4.15. The molecule has 0 unspecified atom stereocenters. The SMILES string of the molecule is Cc1ccc(-c2ccccc2C)c(Cl)c1. The standard InChI is InChI=1S/C14H13Cl/c1-10-7-8-13(14(15)9-10)12-6-4-3-5-11(12)2/h3-9H,1-2H3. The Bertz CT molecular complexity index is 486. The van der Waals surface area contributed by atoms with E-state index in [9.17, 15) is 0 Å². The van der Waals surface area contributed by atoms with Gasteiger partial charge in [0.05, 0.1) is 0 Å². The van der Waals surface area contributed by atoms with E-state index in [0.29, 0.717) is 0 Å². The zero-order valence-electron chi connectivity index (χ0n) is 8.92. The molecule has 0 atom stereocenters. The first kappa shape index (κ1) is 10.3. The lowest BCUT2D eigenvalue weighted by molar-refractivity contribution is 1.43. The molecule has 0 nitrogen and oxygen atoms in total. The summed E-state index contributed by atoms with van der Waals surface area (Å²) in [6.07, 6.45) is 0. The van der Waals surface area contributed by atoms with Gasteiger partial charge in [0.2, 0.25) is 0 Å². The first-order valence-electron chi connectivity index (χ1n) is 5.00.